The summed E-state index contributed by atoms with van der Waals surface area (Å²) in [5.74, 6) is 0.834. The van der Waals surface area contributed by atoms with Gasteiger partial charge in [-0.15, -0.1) is 11.3 Å². The van der Waals surface area contributed by atoms with Crippen molar-refractivity contribution in [2.75, 3.05) is 19.6 Å². The summed E-state index contributed by atoms with van der Waals surface area (Å²) in [6.07, 6.45) is 2.55. The molecule has 1 aromatic carbocycles. The third-order valence-electron chi connectivity index (χ3n) is 5.37. The van der Waals surface area contributed by atoms with Crippen LogP contribution in [-0.4, -0.2) is 48.1 Å². The number of amidine groups is 1. The number of likely N-dealkylation sites (tertiary alicyclic amines) is 1. The van der Waals surface area contributed by atoms with Crippen LogP contribution in [0.2, 0.25) is 4.34 Å². The monoisotopic (exact) mass is 430 g/mol. The van der Waals surface area contributed by atoms with Gasteiger partial charge < -0.3 is 15.1 Å². The average molecular weight is 431 g/mol. The first-order valence-electron chi connectivity index (χ1n) is 9.75. The summed E-state index contributed by atoms with van der Waals surface area (Å²) < 4.78 is 0.601. The Kier molecular flexibility index (Phi) is 6.16. The first kappa shape index (κ1) is 19.9. The van der Waals surface area contributed by atoms with Gasteiger partial charge in [0.1, 0.15) is 11.9 Å². The number of hydrogen-bond donors (Lipinski definition) is 2. The number of rotatable bonds is 5. The molecule has 1 saturated heterocycles. The molecule has 0 aliphatic carbocycles. The maximum atomic E-state index is 12.1. The predicted molar refractivity (Wildman–Crippen MR) is 116 cm³/mol. The molecule has 29 heavy (non-hydrogen) atoms. The highest BCUT2D eigenvalue weighted by molar-refractivity contribution is 7.17. The summed E-state index contributed by atoms with van der Waals surface area (Å²) in [6.45, 7) is 2.12. The van der Waals surface area contributed by atoms with Gasteiger partial charge in [0.15, 0.2) is 0 Å². The molecule has 2 N–H and O–H groups in total. The first-order valence-corrected chi connectivity index (χ1v) is 10.9. The van der Waals surface area contributed by atoms with Crippen LogP contribution in [-0.2, 0) is 4.84 Å². The summed E-state index contributed by atoms with van der Waals surface area (Å²) in [5, 5.41) is 15.6. The van der Waals surface area contributed by atoms with Gasteiger partial charge in [0.05, 0.1) is 21.5 Å². The Hall–Kier alpha value is -2.38. The molecular weight excluding hydrogens is 408 g/mol. The van der Waals surface area contributed by atoms with E-state index in [1.807, 2.05) is 30.3 Å². The highest BCUT2D eigenvalue weighted by Crippen LogP contribution is 2.26. The van der Waals surface area contributed by atoms with E-state index in [9.17, 15) is 4.79 Å². The second kappa shape index (κ2) is 8.97. The summed E-state index contributed by atoms with van der Waals surface area (Å²) in [7, 11) is 0. The lowest BCUT2D eigenvalue weighted by molar-refractivity contribution is 0.0755. The van der Waals surface area contributed by atoms with E-state index in [4.69, 9.17) is 21.8 Å². The third kappa shape index (κ3) is 4.79. The van der Waals surface area contributed by atoms with Crippen molar-refractivity contribution in [3.8, 4) is 0 Å². The van der Waals surface area contributed by atoms with E-state index in [0.717, 1.165) is 43.6 Å². The Morgan fingerprint density at radius 3 is 2.69 bits per heavy atom. The summed E-state index contributed by atoms with van der Waals surface area (Å²) in [4.78, 5) is 20.4. The number of benzene rings is 1. The normalized spacial score (nSPS) is 19.6. The lowest BCUT2D eigenvalue weighted by atomic mass is 9.89. The van der Waals surface area contributed by atoms with E-state index in [-0.39, 0.29) is 12.0 Å². The Bertz CT molecular complexity index is 906. The molecule has 152 valence electrons. The Labute approximate surface area is 179 Å². The van der Waals surface area contributed by atoms with Gasteiger partial charge >= 0.3 is 0 Å². The van der Waals surface area contributed by atoms with Gasteiger partial charge in [-0.25, -0.2) is 0 Å². The van der Waals surface area contributed by atoms with Crippen LogP contribution in [0, 0.1) is 11.3 Å². The number of nitrogens with zero attached hydrogens (tertiary/aromatic N) is 2. The molecule has 6 nitrogen and oxygen atoms in total. The molecule has 8 heteroatoms. The topological polar surface area (TPSA) is 77.8 Å². The third-order valence-corrected chi connectivity index (χ3v) is 6.60. The first-order chi connectivity index (χ1) is 14.1. The van der Waals surface area contributed by atoms with Gasteiger partial charge in [-0.2, -0.15) is 0 Å². The molecule has 1 atom stereocenters. The van der Waals surface area contributed by atoms with Crippen LogP contribution < -0.4 is 5.32 Å². The van der Waals surface area contributed by atoms with Crippen molar-refractivity contribution in [1.29, 1.82) is 5.41 Å². The van der Waals surface area contributed by atoms with E-state index in [2.05, 4.69) is 15.4 Å². The number of carbonyl (C=O) groups is 1. The number of halogens is 1. The maximum Gasteiger partial charge on any atom is 0.261 e. The fraction of sp³-hybridized carbons (Fsp3) is 0.381. The van der Waals surface area contributed by atoms with Gasteiger partial charge in [-0.05, 0) is 25.0 Å². The number of piperidine rings is 1. The van der Waals surface area contributed by atoms with E-state index >= 15 is 0 Å². The summed E-state index contributed by atoms with van der Waals surface area (Å²) >= 11 is 7.14. The Balaban J connectivity index is 1.22. The molecule has 2 aliphatic heterocycles. The number of oxime groups is 1. The predicted octanol–water partition coefficient (Wildman–Crippen LogP) is 4.01. The van der Waals surface area contributed by atoms with Crippen molar-refractivity contribution in [1.82, 2.24) is 10.2 Å². The molecule has 3 heterocycles. The minimum atomic E-state index is -0.133. The Morgan fingerprint density at radius 2 is 2.00 bits per heavy atom. The van der Waals surface area contributed by atoms with E-state index in [1.54, 1.807) is 12.1 Å². The molecule has 1 aromatic heterocycles. The summed E-state index contributed by atoms with van der Waals surface area (Å²) in [6, 6.07) is 13.3. The number of thiophene rings is 1. The second-order valence-corrected chi connectivity index (χ2v) is 9.02. The molecule has 0 saturated carbocycles. The molecule has 0 spiro atoms. The molecule has 1 amide bonds. The van der Waals surface area contributed by atoms with Crippen molar-refractivity contribution in [3.63, 3.8) is 0 Å². The quantitative estimate of drug-likeness (QED) is 0.555. The zero-order valence-corrected chi connectivity index (χ0v) is 17.5. The number of hydrogen-bond acceptors (Lipinski definition) is 5. The van der Waals surface area contributed by atoms with Crippen LogP contribution in [0.25, 0.3) is 0 Å². The fourth-order valence-electron chi connectivity index (χ4n) is 3.75. The second-order valence-electron chi connectivity index (χ2n) is 7.30. The lowest BCUT2D eigenvalue weighted by Gasteiger charge is -2.33. The van der Waals surface area contributed by atoms with Crippen molar-refractivity contribution in [3.05, 3.63) is 57.2 Å². The molecule has 4 rings (SSSR count). The minimum absolute atomic E-state index is 0.120. The van der Waals surface area contributed by atoms with Crippen molar-refractivity contribution < 1.29 is 9.63 Å². The van der Waals surface area contributed by atoms with Crippen LogP contribution in [0.15, 0.2) is 47.6 Å². The van der Waals surface area contributed by atoms with Crippen LogP contribution >= 0.6 is 22.9 Å². The highest BCUT2D eigenvalue weighted by atomic mass is 35.5. The number of carbonyl (C=O) groups excluding carboxylic acids is 1. The lowest BCUT2D eigenvalue weighted by Crippen LogP contribution is -2.40. The standard InChI is InChI=1S/C21H23ClN4O2S/c22-19-7-6-18(29-19)21(27)24-13-16-12-17(25-28-16)14-8-10-26(11-9-14)20(23)15-4-2-1-3-5-15/h1-7,14,16,23H,8-13H2,(H,24,27). The highest BCUT2D eigenvalue weighted by Gasteiger charge is 2.31. The van der Waals surface area contributed by atoms with Crippen molar-refractivity contribution in [2.45, 2.75) is 25.4 Å². The van der Waals surface area contributed by atoms with Crippen LogP contribution in [0.4, 0.5) is 0 Å². The van der Waals surface area contributed by atoms with Gasteiger partial charge in [0.25, 0.3) is 5.91 Å². The molecule has 2 aliphatic rings. The van der Waals surface area contributed by atoms with Gasteiger partial charge in [0, 0.05) is 31.0 Å². The molecular formula is C21H23ClN4O2S. The van der Waals surface area contributed by atoms with Crippen molar-refractivity contribution >= 4 is 40.4 Å². The van der Waals surface area contributed by atoms with Crippen LogP contribution in [0.1, 0.15) is 34.5 Å². The molecule has 1 unspecified atom stereocenters. The smallest absolute Gasteiger partial charge is 0.261 e. The number of nitrogens with one attached hydrogen (secondary N) is 2. The zero-order chi connectivity index (χ0) is 20.2. The fourth-order valence-corrected chi connectivity index (χ4v) is 4.71. The van der Waals surface area contributed by atoms with Crippen LogP contribution in [0.3, 0.4) is 0 Å². The van der Waals surface area contributed by atoms with Crippen molar-refractivity contribution in [2.24, 2.45) is 11.1 Å². The molecule has 0 radical (unpaired) electrons. The molecule has 1 fully saturated rings. The van der Waals surface area contributed by atoms with E-state index < -0.39 is 0 Å². The SMILES string of the molecule is N=C(c1ccccc1)N1CCC(C2=NOC(CNC(=O)c3ccc(Cl)s3)C2)CC1. The minimum Gasteiger partial charge on any atom is -0.390 e. The molecule has 0 bridgehead atoms. The van der Waals surface area contributed by atoms with E-state index in [1.165, 1.54) is 11.3 Å². The number of amides is 1. The maximum absolute atomic E-state index is 12.1. The van der Waals surface area contributed by atoms with Gasteiger partial charge in [0.2, 0.25) is 0 Å². The van der Waals surface area contributed by atoms with Gasteiger partial charge in [-0.3, -0.25) is 10.2 Å². The van der Waals surface area contributed by atoms with E-state index in [0.29, 0.717) is 27.5 Å². The van der Waals surface area contributed by atoms with Crippen LogP contribution in [0.5, 0.6) is 0 Å². The Morgan fingerprint density at radius 1 is 1.24 bits per heavy atom. The average Bonchev–Trinajstić information content (AvgIpc) is 3.41. The largest absolute Gasteiger partial charge is 0.390 e. The summed E-state index contributed by atoms with van der Waals surface area (Å²) in [5.41, 5.74) is 2.03. The van der Waals surface area contributed by atoms with Gasteiger partial charge in [-0.1, -0.05) is 47.1 Å². The zero-order valence-electron chi connectivity index (χ0n) is 15.9. The molecule has 2 aromatic rings.